The molecule has 0 aliphatic carbocycles. The van der Waals surface area contributed by atoms with Crippen molar-refractivity contribution < 1.29 is 9.53 Å². The highest BCUT2D eigenvalue weighted by atomic mass is 79.9. The van der Waals surface area contributed by atoms with Crippen LogP contribution in [0.3, 0.4) is 0 Å². The maximum atomic E-state index is 11.9. The second kappa shape index (κ2) is 6.03. The minimum absolute atomic E-state index is 0.0225. The lowest BCUT2D eigenvalue weighted by Crippen LogP contribution is -2.11. The summed E-state index contributed by atoms with van der Waals surface area (Å²) in [5.41, 5.74) is 0.483. The maximum Gasteiger partial charge on any atom is 0.201 e. The number of carbonyl (C=O) groups excluding carboxylic acids is 1. The number of hydrogen-bond acceptors (Lipinski definition) is 2. The molecule has 0 atom stereocenters. The Balaban J connectivity index is 2.01. The van der Waals surface area contributed by atoms with E-state index in [9.17, 15) is 4.79 Å². The largest absolute Gasteiger partial charge is 0.485 e. The van der Waals surface area contributed by atoms with Crippen LogP contribution in [0, 0.1) is 0 Å². The number of ketones is 1. The van der Waals surface area contributed by atoms with E-state index in [1.807, 2.05) is 12.1 Å². The van der Waals surface area contributed by atoms with Crippen LogP contribution in [0.1, 0.15) is 10.4 Å². The molecule has 2 aromatic rings. The molecule has 0 aliphatic rings. The molecule has 0 aromatic heterocycles. The molecule has 0 saturated heterocycles. The summed E-state index contributed by atoms with van der Waals surface area (Å²) in [7, 11) is 0. The van der Waals surface area contributed by atoms with Crippen LogP contribution in [0.15, 0.2) is 53.0 Å². The van der Waals surface area contributed by atoms with Crippen molar-refractivity contribution in [2.45, 2.75) is 0 Å². The Morgan fingerprint density at radius 1 is 1.11 bits per heavy atom. The predicted octanol–water partition coefficient (Wildman–Crippen LogP) is 4.36. The van der Waals surface area contributed by atoms with Crippen LogP contribution in [0.4, 0.5) is 0 Å². The molecule has 18 heavy (non-hydrogen) atoms. The van der Waals surface area contributed by atoms with Gasteiger partial charge >= 0.3 is 0 Å². The SMILES string of the molecule is O=C(COc1ccc(Br)cc1)c1ccccc1Cl. The minimum Gasteiger partial charge on any atom is -0.485 e. The maximum absolute atomic E-state index is 11.9. The molecule has 0 unspecified atom stereocenters. The summed E-state index contributed by atoms with van der Waals surface area (Å²) < 4.78 is 6.37. The van der Waals surface area contributed by atoms with Crippen LogP contribution in [-0.2, 0) is 0 Å². The van der Waals surface area contributed by atoms with E-state index in [0.717, 1.165) is 4.47 Å². The topological polar surface area (TPSA) is 26.3 Å². The van der Waals surface area contributed by atoms with Gasteiger partial charge in [-0.1, -0.05) is 39.7 Å². The van der Waals surface area contributed by atoms with Crippen molar-refractivity contribution >= 4 is 33.3 Å². The van der Waals surface area contributed by atoms with Gasteiger partial charge in [0.2, 0.25) is 5.78 Å². The van der Waals surface area contributed by atoms with Crippen molar-refractivity contribution in [1.82, 2.24) is 0 Å². The molecule has 0 radical (unpaired) electrons. The Bertz CT molecular complexity index is 552. The van der Waals surface area contributed by atoms with E-state index in [2.05, 4.69) is 15.9 Å². The van der Waals surface area contributed by atoms with Gasteiger partial charge in [0.25, 0.3) is 0 Å². The molecule has 0 amide bonds. The van der Waals surface area contributed by atoms with Gasteiger partial charge in [-0.05, 0) is 36.4 Å². The summed E-state index contributed by atoms with van der Waals surface area (Å²) >= 11 is 9.27. The van der Waals surface area contributed by atoms with E-state index in [-0.39, 0.29) is 12.4 Å². The number of Topliss-reactive ketones (excluding diaryl/α,β-unsaturated/α-hetero) is 1. The lowest BCUT2D eigenvalue weighted by atomic mass is 10.1. The number of rotatable bonds is 4. The first-order valence-electron chi connectivity index (χ1n) is 5.33. The minimum atomic E-state index is -0.136. The fourth-order valence-electron chi connectivity index (χ4n) is 1.44. The molecule has 0 bridgehead atoms. The summed E-state index contributed by atoms with van der Waals surface area (Å²) in [6.07, 6.45) is 0. The van der Waals surface area contributed by atoms with Crippen LogP contribution >= 0.6 is 27.5 Å². The van der Waals surface area contributed by atoms with E-state index in [0.29, 0.717) is 16.3 Å². The van der Waals surface area contributed by atoms with Crippen LogP contribution in [-0.4, -0.2) is 12.4 Å². The van der Waals surface area contributed by atoms with Crippen molar-refractivity contribution in [3.8, 4) is 5.75 Å². The molecule has 0 fully saturated rings. The molecular weight excluding hydrogens is 316 g/mol. The number of benzene rings is 2. The monoisotopic (exact) mass is 324 g/mol. The van der Waals surface area contributed by atoms with E-state index >= 15 is 0 Å². The van der Waals surface area contributed by atoms with Crippen molar-refractivity contribution in [3.63, 3.8) is 0 Å². The van der Waals surface area contributed by atoms with Crippen molar-refractivity contribution in [3.05, 3.63) is 63.6 Å². The van der Waals surface area contributed by atoms with Gasteiger partial charge in [0.15, 0.2) is 6.61 Å². The Kier molecular flexibility index (Phi) is 4.39. The summed E-state index contributed by atoms with van der Waals surface area (Å²) in [4.78, 5) is 11.9. The predicted molar refractivity (Wildman–Crippen MR) is 75.4 cm³/mol. The third kappa shape index (κ3) is 3.34. The number of ether oxygens (including phenoxy) is 1. The zero-order valence-electron chi connectivity index (χ0n) is 9.40. The Hall–Kier alpha value is -1.32. The van der Waals surface area contributed by atoms with Gasteiger partial charge in [0.1, 0.15) is 5.75 Å². The molecule has 0 heterocycles. The average Bonchev–Trinajstić information content (AvgIpc) is 2.38. The van der Waals surface area contributed by atoms with Gasteiger partial charge in [-0.15, -0.1) is 0 Å². The first-order chi connectivity index (χ1) is 8.66. The van der Waals surface area contributed by atoms with E-state index < -0.39 is 0 Å². The fraction of sp³-hybridized carbons (Fsp3) is 0.0714. The fourth-order valence-corrected chi connectivity index (χ4v) is 1.95. The number of halogens is 2. The van der Waals surface area contributed by atoms with Gasteiger partial charge in [-0.25, -0.2) is 0 Å². The molecule has 4 heteroatoms. The zero-order chi connectivity index (χ0) is 13.0. The third-order valence-electron chi connectivity index (χ3n) is 2.36. The second-order valence-corrected chi connectivity index (χ2v) is 4.97. The highest BCUT2D eigenvalue weighted by Gasteiger charge is 2.10. The van der Waals surface area contributed by atoms with E-state index in [1.165, 1.54) is 0 Å². The normalized spacial score (nSPS) is 10.1. The Morgan fingerprint density at radius 2 is 1.78 bits per heavy atom. The summed E-state index contributed by atoms with van der Waals surface area (Å²) in [6, 6.07) is 14.2. The quantitative estimate of drug-likeness (QED) is 0.781. The summed E-state index contributed by atoms with van der Waals surface area (Å²) in [6.45, 7) is -0.0225. The van der Waals surface area contributed by atoms with Crippen LogP contribution in [0.2, 0.25) is 5.02 Å². The average molecular weight is 326 g/mol. The Labute approximate surface area is 119 Å². The molecule has 0 spiro atoms. The lowest BCUT2D eigenvalue weighted by molar-refractivity contribution is 0.0921. The third-order valence-corrected chi connectivity index (χ3v) is 3.22. The van der Waals surface area contributed by atoms with Gasteiger partial charge in [0, 0.05) is 10.0 Å². The van der Waals surface area contributed by atoms with Crippen LogP contribution in [0.5, 0.6) is 5.75 Å². The van der Waals surface area contributed by atoms with Crippen LogP contribution in [0.25, 0.3) is 0 Å². The molecule has 0 N–H and O–H groups in total. The van der Waals surface area contributed by atoms with Gasteiger partial charge < -0.3 is 4.74 Å². The molecule has 2 aromatic carbocycles. The molecule has 2 nitrogen and oxygen atoms in total. The van der Waals surface area contributed by atoms with Gasteiger partial charge in [0.05, 0.1) is 5.02 Å². The molecule has 2 rings (SSSR count). The highest BCUT2D eigenvalue weighted by molar-refractivity contribution is 9.10. The second-order valence-electron chi connectivity index (χ2n) is 3.65. The summed E-state index contributed by atoms with van der Waals surface area (Å²) in [5, 5.41) is 0.446. The van der Waals surface area contributed by atoms with Gasteiger partial charge in [-0.3, -0.25) is 4.79 Å². The number of carbonyl (C=O) groups is 1. The smallest absolute Gasteiger partial charge is 0.201 e. The molecule has 0 aliphatic heterocycles. The van der Waals surface area contributed by atoms with Crippen molar-refractivity contribution in [2.24, 2.45) is 0 Å². The van der Waals surface area contributed by atoms with Crippen molar-refractivity contribution in [1.29, 1.82) is 0 Å². The molecular formula is C14H10BrClO2. The Morgan fingerprint density at radius 3 is 2.44 bits per heavy atom. The van der Waals surface area contributed by atoms with E-state index in [4.69, 9.17) is 16.3 Å². The van der Waals surface area contributed by atoms with Crippen molar-refractivity contribution in [2.75, 3.05) is 6.61 Å². The number of hydrogen-bond donors (Lipinski definition) is 0. The van der Waals surface area contributed by atoms with E-state index in [1.54, 1.807) is 36.4 Å². The first-order valence-corrected chi connectivity index (χ1v) is 6.50. The van der Waals surface area contributed by atoms with Gasteiger partial charge in [-0.2, -0.15) is 0 Å². The zero-order valence-corrected chi connectivity index (χ0v) is 11.7. The summed E-state index contributed by atoms with van der Waals surface area (Å²) in [5.74, 6) is 0.516. The molecule has 0 saturated carbocycles. The highest BCUT2D eigenvalue weighted by Crippen LogP contribution is 2.18. The molecule has 92 valence electrons. The lowest BCUT2D eigenvalue weighted by Gasteiger charge is -2.06. The standard InChI is InChI=1S/C14H10BrClO2/c15-10-5-7-11(8-6-10)18-9-14(17)12-3-1-2-4-13(12)16/h1-8H,9H2. The first kappa shape index (κ1) is 13.1. The van der Waals surface area contributed by atoms with Crippen LogP contribution < -0.4 is 4.74 Å².